The van der Waals surface area contributed by atoms with Crippen LogP contribution in [-0.4, -0.2) is 55.6 Å². The predicted octanol–water partition coefficient (Wildman–Crippen LogP) is 0.888. The van der Waals surface area contributed by atoms with Crippen molar-refractivity contribution in [3.8, 4) is 0 Å². The fraction of sp³-hybridized carbons (Fsp3) is 0.818. The van der Waals surface area contributed by atoms with Gasteiger partial charge in [-0.1, -0.05) is 0 Å². The summed E-state index contributed by atoms with van der Waals surface area (Å²) in [4.78, 5) is 23.1. The van der Waals surface area contributed by atoms with E-state index in [9.17, 15) is 24.9 Å². The molecule has 3 N–H and O–H groups in total. The molecule has 98 valence electrons. The molecular weight excluding hydrogens is 226 g/mol. The van der Waals surface area contributed by atoms with Crippen LogP contribution in [0.15, 0.2) is 0 Å². The van der Waals surface area contributed by atoms with Gasteiger partial charge < -0.3 is 15.3 Å². The number of aliphatic carboxylic acids is 1. The predicted molar refractivity (Wildman–Crippen MR) is 59.6 cm³/mol. The zero-order chi connectivity index (χ0) is 13.6. The third-order valence-electron chi connectivity index (χ3n) is 3.89. The Hall–Kier alpha value is -1.14. The molecule has 0 spiro atoms. The van der Waals surface area contributed by atoms with E-state index in [2.05, 4.69) is 0 Å². The SMILES string of the molecule is CC(C)(C)[N+]1(C(=O)O)C[C@@H](O)C[C@@]1(C)C(=O)O. The highest BCUT2D eigenvalue weighted by atomic mass is 16.4. The van der Waals surface area contributed by atoms with Gasteiger partial charge in [0.05, 0.1) is 0 Å². The minimum atomic E-state index is -1.51. The maximum absolute atomic E-state index is 11.6. The van der Waals surface area contributed by atoms with Gasteiger partial charge in [0, 0.05) is 13.3 Å². The van der Waals surface area contributed by atoms with Gasteiger partial charge in [0.2, 0.25) is 5.54 Å². The lowest BCUT2D eigenvalue weighted by Gasteiger charge is -2.48. The summed E-state index contributed by atoms with van der Waals surface area (Å²) in [6.45, 7) is 6.35. The second kappa shape index (κ2) is 3.68. The van der Waals surface area contributed by atoms with E-state index in [1.54, 1.807) is 20.8 Å². The van der Waals surface area contributed by atoms with E-state index in [4.69, 9.17) is 0 Å². The van der Waals surface area contributed by atoms with Crippen molar-refractivity contribution in [2.24, 2.45) is 0 Å². The second-order valence-electron chi connectivity index (χ2n) is 5.88. The summed E-state index contributed by atoms with van der Waals surface area (Å²) in [5, 5.41) is 28.6. The minimum absolute atomic E-state index is 0.0497. The largest absolute Gasteiger partial charge is 0.514 e. The normalized spacial score (nSPS) is 38.1. The summed E-state index contributed by atoms with van der Waals surface area (Å²) in [7, 11) is 0. The molecule has 1 aliphatic rings. The van der Waals surface area contributed by atoms with Gasteiger partial charge in [0.1, 0.15) is 18.2 Å². The Morgan fingerprint density at radius 3 is 2.00 bits per heavy atom. The van der Waals surface area contributed by atoms with Crippen molar-refractivity contribution in [3.05, 3.63) is 0 Å². The number of amides is 1. The van der Waals surface area contributed by atoms with Gasteiger partial charge in [-0.25, -0.2) is 9.28 Å². The van der Waals surface area contributed by atoms with E-state index < -0.39 is 33.7 Å². The third kappa shape index (κ3) is 1.63. The lowest BCUT2D eigenvalue weighted by Crippen LogP contribution is -2.73. The smallest absolute Gasteiger partial charge is 0.477 e. The van der Waals surface area contributed by atoms with Crippen molar-refractivity contribution in [1.29, 1.82) is 0 Å². The lowest BCUT2D eigenvalue weighted by atomic mass is 9.90. The van der Waals surface area contributed by atoms with Crippen LogP contribution in [-0.2, 0) is 4.79 Å². The quantitative estimate of drug-likeness (QED) is 0.597. The van der Waals surface area contributed by atoms with Crippen molar-refractivity contribution < 1.29 is 29.4 Å². The second-order valence-corrected chi connectivity index (χ2v) is 5.88. The zero-order valence-electron chi connectivity index (χ0n) is 10.6. The van der Waals surface area contributed by atoms with Crippen LogP contribution in [0.25, 0.3) is 0 Å². The fourth-order valence-electron chi connectivity index (χ4n) is 3.04. The molecule has 1 fully saturated rings. The fourth-order valence-corrected chi connectivity index (χ4v) is 3.04. The topological polar surface area (TPSA) is 94.8 Å². The van der Waals surface area contributed by atoms with Crippen molar-refractivity contribution in [2.75, 3.05) is 6.54 Å². The molecule has 17 heavy (non-hydrogen) atoms. The van der Waals surface area contributed by atoms with Crippen molar-refractivity contribution in [1.82, 2.24) is 0 Å². The number of likely N-dealkylation sites (tertiary alicyclic amines) is 1. The Balaban J connectivity index is 3.49. The summed E-state index contributed by atoms with van der Waals surface area (Å²) in [5.41, 5.74) is -2.32. The third-order valence-corrected chi connectivity index (χ3v) is 3.89. The molecule has 0 aromatic carbocycles. The molecule has 1 saturated heterocycles. The average molecular weight is 246 g/mol. The summed E-state index contributed by atoms with van der Waals surface area (Å²) in [6, 6.07) is 0. The monoisotopic (exact) mass is 246 g/mol. The molecule has 1 heterocycles. The van der Waals surface area contributed by atoms with E-state index in [1.807, 2.05) is 0 Å². The summed E-state index contributed by atoms with van der Waals surface area (Å²) in [5.74, 6) is -1.19. The number of rotatable bonds is 1. The van der Waals surface area contributed by atoms with Gasteiger partial charge in [-0.15, -0.1) is 0 Å². The molecule has 0 aromatic rings. The number of carbonyl (C=O) groups is 2. The Labute approximate surface area is 100 Å². The van der Waals surface area contributed by atoms with E-state index in [0.717, 1.165) is 0 Å². The molecule has 3 atom stereocenters. The van der Waals surface area contributed by atoms with Crippen molar-refractivity contribution in [3.63, 3.8) is 0 Å². The molecule has 0 aromatic heterocycles. The van der Waals surface area contributed by atoms with E-state index in [0.29, 0.717) is 0 Å². The number of hydrogen-bond donors (Lipinski definition) is 3. The molecule has 6 heteroatoms. The first-order valence-electron chi connectivity index (χ1n) is 5.52. The first-order chi connectivity index (χ1) is 7.49. The Morgan fingerprint density at radius 2 is 1.76 bits per heavy atom. The molecule has 0 bridgehead atoms. The molecule has 0 aliphatic carbocycles. The van der Waals surface area contributed by atoms with Crippen LogP contribution in [0.1, 0.15) is 34.1 Å². The molecule has 0 radical (unpaired) electrons. The number of aliphatic hydroxyl groups is 1. The van der Waals surface area contributed by atoms with Gasteiger partial charge in [-0.05, 0) is 20.8 Å². The number of carboxylic acids is 1. The van der Waals surface area contributed by atoms with Crippen LogP contribution in [0.4, 0.5) is 4.79 Å². The molecule has 0 saturated carbocycles. The number of quaternary nitrogens is 1. The molecule has 6 nitrogen and oxygen atoms in total. The zero-order valence-corrected chi connectivity index (χ0v) is 10.6. The molecule has 1 aliphatic heterocycles. The standard InChI is InChI=1S/C11H19NO5/c1-10(2,3)12(9(16)17)6-7(13)5-11(12,4)8(14)15/h7,13H,5-6H2,1-4H3,(H-,14,15,16,17)/p+1/t7-,11-,12?/m0/s1. The Bertz CT molecular complexity index is 361. The maximum atomic E-state index is 11.6. The maximum Gasteiger partial charge on any atom is 0.514 e. The van der Waals surface area contributed by atoms with Crippen LogP contribution < -0.4 is 0 Å². The van der Waals surface area contributed by atoms with Crippen LogP contribution in [0, 0.1) is 0 Å². The van der Waals surface area contributed by atoms with Crippen LogP contribution >= 0.6 is 0 Å². The van der Waals surface area contributed by atoms with E-state index in [-0.39, 0.29) is 13.0 Å². The summed E-state index contributed by atoms with van der Waals surface area (Å²) >= 11 is 0. The molecule has 1 rings (SSSR count). The average Bonchev–Trinajstić information content (AvgIpc) is 2.38. The Kier molecular flexibility index (Phi) is 3.01. The van der Waals surface area contributed by atoms with Gasteiger partial charge in [0.15, 0.2) is 0 Å². The first kappa shape index (κ1) is 13.9. The number of carboxylic acid groups (broad SMARTS) is 2. The lowest BCUT2D eigenvalue weighted by molar-refractivity contribution is -0.929. The van der Waals surface area contributed by atoms with Crippen LogP contribution in [0.2, 0.25) is 0 Å². The molecular formula is C11H20NO5+. The molecule has 1 unspecified atom stereocenters. The molecule has 1 amide bonds. The van der Waals surface area contributed by atoms with Crippen molar-refractivity contribution in [2.45, 2.75) is 51.3 Å². The van der Waals surface area contributed by atoms with Gasteiger partial charge in [0.25, 0.3) is 0 Å². The van der Waals surface area contributed by atoms with Crippen molar-refractivity contribution >= 4 is 12.1 Å². The highest BCUT2D eigenvalue weighted by molar-refractivity contribution is 5.80. The van der Waals surface area contributed by atoms with Gasteiger partial charge >= 0.3 is 12.1 Å². The highest BCUT2D eigenvalue weighted by Crippen LogP contribution is 2.44. The number of aliphatic hydroxyl groups excluding tert-OH is 1. The van der Waals surface area contributed by atoms with E-state index in [1.165, 1.54) is 6.92 Å². The first-order valence-corrected chi connectivity index (χ1v) is 5.52. The minimum Gasteiger partial charge on any atom is -0.477 e. The summed E-state index contributed by atoms with van der Waals surface area (Å²) < 4.78 is -0.656. The van der Waals surface area contributed by atoms with Crippen LogP contribution in [0.3, 0.4) is 0 Å². The number of hydrogen-bond acceptors (Lipinski definition) is 3. The van der Waals surface area contributed by atoms with Gasteiger partial charge in [-0.2, -0.15) is 4.79 Å². The van der Waals surface area contributed by atoms with E-state index >= 15 is 0 Å². The highest BCUT2D eigenvalue weighted by Gasteiger charge is 2.69. The van der Waals surface area contributed by atoms with Crippen LogP contribution in [0.5, 0.6) is 0 Å². The number of nitrogens with zero attached hydrogens (tertiary/aromatic N) is 1. The summed E-state index contributed by atoms with van der Waals surface area (Å²) in [6.07, 6.45) is -2.17. The van der Waals surface area contributed by atoms with Gasteiger partial charge in [-0.3, -0.25) is 0 Å². The Morgan fingerprint density at radius 1 is 1.29 bits per heavy atom.